The second-order valence-electron chi connectivity index (χ2n) is 6.85. The standard InChI is InChI=1S/C19H24ClN5O3S/c1-3-24(4-2)10-5-11-25-16-15(12-22-23-19(16)26)17(18(25)21)29(27,28)14-8-6-13(20)7-9-14/h6-9,12H,3-5,10-11,21H2,1-2H3,(H,23,26)/p+1. The fourth-order valence-corrected chi connectivity index (χ4v) is 5.22. The average molecular weight is 439 g/mol. The molecule has 8 nitrogen and oxygen atoms in total. The van der Waals surface area contributed by atoms with Crippen LogP contribution in [0.5, 0.6) is 0 Å². The van der Waals surface area contributed by atoms with Crippen LogP contribution in [0.3, 0.4) is 0 Å². The Morgan fingerprint density at radius 1 is 1.21 bits per heavy atom. The largest absolute Gasteiger partial charge is 0.384 e. The van der Waals surface area contributed by atoms with Crippen LogP contribution in [0, 0.1) is 0 Å². The number of nitrogens with two attached hydrogens (primary N) is 1. The number of benzene rings is 1. The lowest BCUT2D eigenvalue weighted by atomic mass is 10.3. The number of nitrogens with one attached hydrogen (secondary N) is 2. The van der Waals surface area contributed by atoms with Gasteiger partial charge in [-0.2, -0.15) is 5.10 Å². The molecule has 0 fully saturated rings. The minimum Gasteiger partial charge on any atom is -0.384 e. The maximum Gasteiger partial charge on any atom is 0.288 e. The lowest BCUT2D eigenvalue weighted by molar-refractivity contribution is -0.896. The number of nitrogen functional groups attached to an aromatic ring is 1. The van der Waals surface area contributed by atoms with Crippen molar-refractivity contribution in [1.29, 1.82) is 0 Å². The van der Waals surface area contributed by atoms with Crippen molar-refractivity contribution in [3.8, 4) is 0 Å². The van der Waals surface area contributed by atoms with Gasteiger partial charge >= 0.3 is 0 Å². The molecule has 0 amide bonds. The Kier molecular flexibility index (Phi) is 6.30. The number of nitrogens with zero attached hydrogens (tertiary/aromatic N) is 2. The Labute approximate surface area is 174 Å². The van der Waals surface area contributed by atoms with Gasteiger partial charge in [-0.15, -0.1) is 0 Å². The first-order valence-electron chi connectivity index (χ1n) is 9.50. The molecule has 10 heteroatoms. The Morgan fingerprint density at radius 3 is 2.48 bits per heavy atom. The van der Waals surface area contributed by atoms with Gasteiger partial charge in [0.2, 0.25) is 9.84 Å². The zero-order chi connectivity index (χ0) is 21.2. The van der Waals surface area contributed by atoms with Crippen LogP contribution in [-0.2, 0) is 16.4 Å². The molecule has 3 rings (SSSR count). The molecule has 3 aromatic rings. The molecular formula is C19H25ClN5O3S+. The van der Waals surface area contributed by atoms with E-state index in [2.05, 4.69) is 24.0 Å². The molecular weight excluding hydrogens is 414 g/mol. The van der Waals surface area contributed by atoms with Gasteiger partial charge in [-0.1, -0.05) is 11.6 Å². The van der Waals surface area contributed by atoms with Gasteiger partial charge < -0.3 is 15.2 Å². The van der Waals surface area contributed by atoms with E-state index >= 15 is 0 Å². The predicted molar refractivity (Wildman–Crippen MR) is 113 cm³/mol. The molecule has 156 valence electrons. The Hall–Kier alpha value is -2.36. The first-order chi connectivity index (χ1) is 13.8. The van der Waals surface area contributed by atoms with Crippen molar-refractivity contribution in [2.75, 3.05) is 25.4 Å². The summed E-state index contributed by atoms with van der Waals surface area (Å²) in [4.78, 5) is 13.9. The quantitative estimate of drug-likeness (QED) is 0.487. The number of aromatic amines is 1. The molecule has 0 radical (unpaired) electrons. The van der Waals surface area contributed by atoms with E-state index < -0.39 is 15.4 Å². The van der Waals surface area contributed by atoms with E-state index in [-0.39, 0.29) is 26.5 Å². The van der Waals surface area contributed by atoms with Crippen LogP contribution in [0.1, 0.15) is 20.3 Å². The van der Waals surface area contributed by atoms with Crippen molar-refractivity contribution in [2.45, 2.75) is 36.6 Å². The third-order valence-corrected chi connectivity index (χ3v) is 7.28. The van der Waals surface area contributed by atoms with E-state index in [1.165, 1.54) is 35.4 Å². The van der Waals surface area contributed by atoms with Gasteiger partial charge in [0.1, 0.15) is 16.2 Å². The van der Waals surface area contributed by atoms with Crippen LogP contribution in [0.4, 0.5) is 5.82 Å². The molecule has 0 aliphatic heterocycles. The summed E-state index contributed by atoms with van der Waals surface area (Å²) in [5.74, 6) is 0.0444. The van der Waals surface area contributed by atoms with Gasteiger partial charge in [0.05, 0.1) is 30.7 Å². The molecule has 0 atom stereocenters. The third kappa shape index (κ3) is 4.03. The van der Waals surface area contributed by atoms with Gasteiger partial charge in [0.25, 0.3) is 5.56 Å². The van der Waals surface area contributed by atoms with Gasteiger partial charge in [-0.05, 0) is 38.1 Å². The van der Waals surface area contributed by atoms with E-state index in [9.17, 15) is 13.2 Å². The molecule has 2 aromatic heterocycles. The summed E-state index contributed by atoms with van der Waals surface area (Å²) < 4.78 is 28.2. The molecule has 0 aliphatic carbocycles. The second kappa shape index (κ2) is 8.56. The minimum absolute atomic E-state index is 0.0444. The van der Waals surface area contributed by atoms with Crippen molar-refractivity contribution in [1.82, 2.24) is 14.8 Å². The van der Waals surface area contributed by atoms with Crippen molar-refractivity contribution in [3.05, 3.63) is 45.8 Å². The number of aryl methyl sites for hydroxylation is 1. The number of halogens is 1. The highest BCUT2D eigenvalue weighted by molar-refractivity contribution is 7.92. The van der Waals surface area contributed by atoms with Crippen LogP contribution >= 0.6 is 11.6 Å². The van der Waals surface area contributed by atoms with Gasteiger partial charge in [-0.25, -0.2) is 13.5 Å². The lowest BCUT2D eigenvalue weighted by Gasteiger charge is -2.16. The van der Waals surface area contributed by atoms with Gasteiger partial charge in [-0.3, -0.25) is 4.79 Å². The number of rotatable bonds is 8. The summed E-state index contributed by atoms with van der Waals surface area (Å²) in [6, 6.07) is 5.85. The van der Waals surface area contributed by atoms with Crippen molar-refractivity contribution in [2.24, 2.45) is 0 Å². The van der Waals surface area contributed by atoms with Crippen molar-refractivity contribution >= 4 is 38.2 Å². The number of quaternary nitrogens is 1. The lowest BCUT2D eigenvalue weighted by Crippen LogP contribution is -3.11. The van der Waals surface area contributed by atoms with Crippen LogP contribution in [0.2, 0.25) is 5.02 Å². The Morgan fingerprint density at radius 2 is 1.86 bits per heavy atom. The average Bonchev–Trinajstić information content (AvgIpc) is 2.99. The summed E-state index contributed by atoms with van der Waals surface area (Å²) >= 11 is 5.88. The number of hydrogen-bond donors (Lipinski definition) is 3. The topological polar surface area (TPSA) is 115 Å². The number of hydrogen-bond acceptors (Lipinski definition) is 5. The normalized spacial score (nSPS) is 12.1. The summed E-state index contributed by atoms with van der Waals surface area (Å²) in [7, 11) is -3.96. The Bertz CT molecular complexity index is 1170. The number of fused-ring (bicyclic) bond motifs is 1. The van der Waals surface area contributed by atoms with Gasteiger partial charge in [0.15, 0.2) is 0 Å². The molecule has 29 heavy (non-hydrogen) atoms. The van der Waals surface area contributed by atoms with Crippen molar-refractivity contribution < 1.29 is 13.3 Å². The molecule has 0 bridgehead atoms. The zero-order valence-corrected chi connectivity index (χ0v) is 18.0. The Balaban J connectivity index is 2.12. The number of sulfone groups is 1. The molecule has 0 saturated carbocycles. The molecule has 0 aliphatic rings. The van der Waals surface area contributed by atoms with Crippen LogP contribution in [-0.4, -0.2) is 42.8 Å². The first kappa shape index (κ1) is 21.4. The highest BCUT2D eigenvalue weighted by atomic mass is 35.5. The van der Waals surface area contributed by atoms with E-state index in [1.807, 2.05) is 0 Å². The zero-order valence-electron chi connectivity index (χ0n) is 16.4. The third-order valence-electron chi connectivity index (χ3n) is 5.17. The molecule has 2 heterocycles. The van der Waals surface area contributed by atoms with E-state index in [0.29, 0.717) is 11.6 Å². The summed E-state index contributed by atoms with van der Waals surface area (Å²) in [5.41, 5.74) is 6.04. The first-order valence-corrected chi connectivity index (χ1v) is 11.4. The smallest absolute Gasteiger partial charge is 0.288 e. The van der Waals surface area contributed by atoms with Gasteiger partial charge in [0, 0.05) is 23.4 Å². The number of aromatic nitrogens is 3. The van der Waals surface area contributed by atoms with E-state index in [4.69, 9.17) is 17.3 Å². The van der Waals surface area contributed by atoms with Crippen LogP contribution in [0.15, 0.2) is 45.0 Å². The molecule has 0 unspecified atom stereocenters. The van der Waals surface area contributed by atoms with E-state index in [1.54, 1.807) is 4.57 Å². The van der Waals surface area contributed by atoms with Crippen LogP contribution in [0.25, 0.3) is 10.9 Å². The summed E-state index contributed by atoms with van der Waals surface area (Å²) in [6.45, 7) is 7.57. The molecule has 0 spiro atoms. The molecule has 4 N–H and O–H groups in total. The van der Waals surface area contributed by atoms with Crippen LogP contribution < -0.4 is 16.2 Å². The highest BCUT2D eigenvalue weighted by Crippen LogP contribution is 2.34. The minimum atomic E-state index is -3.96. The maximum absolute atomic E-state index is 13.3. The fraction of sp³-hybridized carbons (Fsp3) is 0.368. The summed E-state index contributed by atoms with van der Waals surface area (Å²) in [5, 5.41) is 6.81. The maximum atomic E-state index is 13.3. The predicted octanol–water partition coefficient (Wildman–Crippen LogP) is 1.11. The SMILES string of the molecule is CC[NH+](CC)CCCn1c(N)c(S(=O)(=O)c2ccc(Cl)cc2)c2cn[nH]c(=O)c21. The number of anilines is 1. The summed E-state index contributed by atoms with van der Waals surface area (Å²) in [6.07, 6.45) is 2.09. The fourth-order valence-electron chi connectivity index (χ4n) is 3.54. The van der Waals surface area contributed by atoms with E-state index in [0.717, 1.165) is 26.1 Å². The molecule has 1 aromatic carbocycles. The highest BCUT2D eigenvalue weighted by Gasteiger charge is 2.29. The van der Waals surface area contributed by atoms with Crippen molar-refractivity contribution in [3.63, 3.8) is 0 Å². The molecule has 0 saturated heterocycles. The number of H-pyrrole nitrogens is 1. The monoisotopic (exact) mass is 438 g/mol. The second-order valence-corrected chi connectivity index (χ2v) is 9.17.